The molecule has 3 aromatic rings. The fourth-order valence-corrected chi connectivity index (χ4v) is 5.03. The summed E-state index contributed by atoms with van der Waals surface area (Å²) in [6, 6.07) is 2.66. The minimum Gasteiger partial charge on any atom is -0.349 e. The number of nitrogens with one attached hydrogen (secondary N) is 1. The molecule has 0 radical (unpaired) electrons. The first-order valence-electron chi connectivity index (χ1n) is 9.68. The highest BCUT2D eigenvalue weighted by molar-refractivity contribution is 7.18. The molecule has 8 heteroatoms. The second-order valence-electron chi connectivity index (χ2n) is 7.34. The van der Waals surface area contributed by atoms with Gasteiger partial charge in [0.05, 0.1) is 17.8 Å². The Bertz CT molecular complexity index is 1140. The van der Waals surface area contributed by atoms with E-state index in [1.165, 1.54) is 21.8 Å². The zero-order chi connectivity index (χ0) is 20.5. The molecule has 1 N–H and O–H groups in total. The lowest BCUT2D eigenvalue weighted by Crippen LogP contribution is -2.30. The molecule has 0 saturated carbocycles. The number of hydrogen-bond acceptors (Lipinski definition) is 4. The number of rotatable bonds is 5. The van der Waals surface area contributed by atoms with Gasteiger partial charge in [0.1, 0.15) is 16.5 Å². The number of benzene rings is 1. The van der Waals surface area contributed by atoms with E-state index in [9.17, 15) is 18.4 Å². The summed E-state index contributed by atoms with van der Waals surface area (Å²) in [6.45, 7) is 1.82. The number of carbonyl (C=O) groups excluding carboxylic acids is 1. The number of carbonyl (C=O) groups is 1. The highest BCUT2D eigenvalue weighted by atomic mass is 32.1. The third kappa shape index (κ3) is 3.94. The second kappa shape index (κ2) is 8.02. The SMILES string of the molecule is C[C@H](NC(=O)CCn1cnc2sc3c(c2c1=O)CCCC3)c1ccc(F)cc1F. The van der Waals surface area contributed by atoms with Gasteiger partial charge in [0.25, 0.3) is 5.56 Å². The maximum absolute atomic E-state index is 13.9. The Labute approximate surface area is 170 Å². The summed E-state index contributed by atoms with van der Waals surface area (Å²) in [4.78, 5) is 31.6. The predicted octanol–water partition coefficient (Wildman–Crippen LogP) is 3.88. The van der Waals surface area contributed by atoms with Gasteiger partial charge in [-0.05, 0) is 44.2 Å². The number of amides is 1. The van der Waals surface area contributed by atoms with Crippen LogP contribution in [0.2, 0.25) is 0 Å². The molecular formula is C21H21F2N3O2S. The Morgan fingerprint density at radius 1 is 1.31 bits per heavy atom. The number of aryl methyl sites for hydroxylation is 3. The minimum atomic E-state index is -0.703. The third-order valence-corrected chi connectivity index (χ3v) is 6.53. The average Bonchev–Trinajstić information content (AvgIpc) is 3.06. The van der Waals surface area contributed by atoms with E-state index < -0.39 is 17.7 Å². The van der Waals surface area contributed by atoms with E-state index in [1.807, 2.05) is 0 Å². The van der Waals surface area contributed by atoms with Crippen LogP contribution in [0, 0.1) is 11.6 Å². The van der Waals surface area contributed by atoms with E-state index in [2.05, 4.69) is 10.3 Å². The van der Waals surface area contributed by atoms with E-state index in [1.54, 1.807) is 18.3 Å². The van der Waals surface area contributed by atoms with Crippen LogP contribution in [0.25, 0.3) is 10.2 Å². The summed E-state index contributed by atoms with van der Waals surface area (Å²) in [6.07, 6.45) is 5.66. The van der Waals surface area contributed by atoms with Crippen LogP contribution in [-0.4, -0.2) is 15.5 Å². The lowest BCUT2D eigenvalue weighted by Gasteiger charge is -2.15. The van der Waals surface area contributed by atoms with Crippen molar-refractivity contribution in [3.63, 3.8) is 0 Å². The third-order valence-electron chi connectivity index (χ3n) is 5.33. The van der Waals surface area contributed by atoms with Crippen LogP contribution in [0.4, 0.5) is 8.78 Å². The first-order chi connectivity index (χ1) is 13.9. The summed E-state index contributed by atoms with van der Waals surface area (Å²) >= 11 is 1.59. The van der Waals surface area contributed by atoms with Crippen LogP contribution in [-0.2, 0) is 24.2 Å². The molecule has 1 aliphatic rings. The van der Waals surface area contributed by atoms with Gasteiger partial charge in [-0.3, -0.25) is 14.2 Å². The molecule has 0 aliphatic heterocycles. The van der Waals surface area contributed by atoms with Crippen LogP contribution in [0.15, 0.2) is 29.3 Å². The van der Waals surface area contributed by atoms with Gasteiger partial charge in [-0.2, -0.15) is 0 Å². The van der Waals surface area contributed by atoms with E-state index in [-0.39, 0.29) is 30.0 Å². The number of hydrogen-bond donors (Lipinski definition) is 1. The largest absolute Gasteiger partial charge is 0.349 e. The van der Waals surface area contributed by atoms with Crippen molar-refractivity contribution in [3.8, 4) is 0 Å². The zero-order valence-corrected chi connectivity index (χ0v) is 16.8. The molecular weight excluding hydrogens is 396 g/mol. The van der Waals surface area contributed by atoms with Crippen LogP contribution in [0.1, 0.15) is 48.2 Å². The molecule has 29 heavy (non-hydrogen) atoms. The standard InChI is InChI=1S/C21H21F2N3O2S/c1-12(14-7-6-13(22)10-16(14)23)25-18(27)8-9-26-11-24-20-19(21(26)28)15-4-2-3-5-17(15)29-20/h6-7,10-12H,2-5,8-9H2,1H3,(H,25,27)/t12-/m0/s1. The number of halogens is 2. The molecule has 0 spiro atoms. The maximum Gasteiger partial charge on any atom is 0.262 e. The molecule has 152 valence electrons. The van der Waals surface area contributed by atoms with Crippen LogP contribution in [0.5, 0.6) is 0 Å². The van der Waals surface area contributed by atoms with E-state index >= 15 is 0 Å². The zero-order valence-electron chi connectivity index (χ0n) is 16.0. The Morgan fingerprint density at radius 2 is 2.10 bits per heavy atom. The second-order valence-corrected chi connectivity index (χ2v) is 8.42. The summed E-state index contributed by atoms with van der Waals surface area (Å²) in [5.74, 6) is -1.69. The molecule has 5 nitrogen and oxygen atoms in total. The van der Waals surface area contributed by atoms with Crippen molar-refractivity contribution in [1.29, 1.82) is 0 Å². The molecule has 0 fully saturated rings. The molecule has 2 aromatic heterocycles. The monoisotopic (exact) mass is 417 g/mol. The molecule has 0 unspecified atom stereocenters. The van der Waals surface area contributed by atoms with E-state index in [0.717, 1.165) is 48.2 Å². The smallest absolute Gasteiger partial charge is 0.262 e. The lowest BCUT2D eigenvalue weighted by molar-refractivity contribution is -0.122. The van der Waals surface area contributed by atoms with Gasteiger partial charge in [-0.15, -0.1) is 11.3 Å². The van der Waals surface area contributed by atoms with Crippen LogP contribution >= 0.6 is 11.3 Å². The molecule has 1 atom stereocenters. The lowest BCUT2D eigenvalue weighted by atomic mass is 9.97. The van der Waals surface area contributed by atoms with Crippen molar-refractivity contribution in [2.45, 2.75) is 51.6 Å². The van der Waals surface area contributed by atoms with Gasteiger partial charge in [0, 0.05) is 29.5 Å². The van der Waals surface area contributed by atoms with Gasteiger partial charge >= 0.3 is 0 Å². The summed E-state index contributed by atoms with van der Waals surface area (Å²) in [7, 11) is 0. The first-order valence-corrected chi connectivity index (χ1v) is 10.5. The normalized spacial score (nSPS) is 14.6. The van der Waals surface area contributed by atoms with Gasteiger partial charge in [-0.25, -0.2) is 13.8 Å². The Hall–Kier alpha value is -2.61. The van der Waals surface area contributed by atoms with Crippen molar-refractivity contribution in [2.24, 2.45) is 0 Å². The fraction of sp³-hybridized carbons (Fsp3) is 0.381. The highest BCUT2D eigenvalue weighted by Gasteiger charge is 2.20. The van der Waals surface area contributed by atoms with Gasteiger partial charge in [0.15, 0.2) is 0 Å². The first kappa shape index (κ1) is 19.7. The van der Waals surface area contributed by atoms with Crippen molar-refractivity contribution in [1.82, 2.24) is 14.9 Å². The van der Waals surface area contributed by atoms with Gasteiger partial charge in [0.2, 0.25) is 5.91 Å². The van der Waals surface area contributed by atoms with Crippen LogP contribution in [0.3, 0.4) is 0 Å². The molecule has 1 aliphatic carbocycles. The van der Waals surface area contributed by atoms with E-state index in [0.29, 0.717) is 5.39 Å². The fourth-order valence-electron chi connectivity index (χ4n) is 3.81. The number of fused-ring (bicyclic) bond motifs is 3. The predicted molar refractivity (Wildman–Crippen MR) is 108 cm³/mol. The van der Waals surface area contributed by atoms with E-state index in [4.69, 9.17) is 0 Å². The van der Waals surface area contributed by atoms with Gasteiger partial charge in [-0.1, -0.05) is 6.07 Å². The highest BCUT2D eigenvalue weighted by Crippen LogP contribution is 2.33. The minimum absolute atomic E-state index is 0.0621. The molecule has 1 amide bonds. The van der Waals surface area contributed by atoms with Crippen LogP contribution < -0.4 is 10.9 Å². The maximum atomic E-state index is 13.9. The summed E-state index contributed by atoms with van der Waals surface area (Å²) in [5, 5.41) is 3.38. The molecule has 0 saturated heterocycles. The molecule has 4 rings (SSSR count). The Kier molecular flexibility index (Phi) is 5.45. The summed E-state index contributed by atoms with van der Waals surface area (Å²) < 4.78 is 28.4. The molecule has 2 heterocycles. The number of aromatic nitrogens is 2. The Morgan fingerprint density at radius 3 is 2.90 bits per heavy atom. The number of thiophene rings is 1. The number of nitrogens with zero attached hydrogens (tertiary/aromatic N) is 2. The topological polar surface area (TPSA) is 64.0 Å². The van der Waals surface area contributed by atoms with Crippen molar-refractivity contribution in [2.75, 3.05) is 0 Å². The Balaban J connectivity index is 1.46. The quantitative estimate of drug-likeness (QED) is 0.685. The molecule has 0 bridgehead atoms. The average molecular weight is 417 g/mol. The van der Waals surface area contributed by atoms with Crippen molar-refractivity contribution in [3.05, 3.63) is 62.5 Å². The van der Waals surface area contributed by atoms with Gasteiger partial charge < -0.3 is 5.32 Å². The summed E-state index contributed by atoms with van der Waals surface area (Å²) in [5.41, 5.74) is 1.22. The van der Waals surface area contributed by atoms with Crippen molar-refractivity contribution < 1.29 is 13.6 Å². The van der Waals surface area contributed by atoms with Crippen molar-refractivity contribution >= 4 is 27.5 Å². The molecule has 1 aromatic carbocycles.